The van der Waals surface area contributed by atoms with Crippen LogP contribution >= 0.6 is 22.9 Å². The van der Waals surface area contributed by atoms with Crippen molar-refractivity contribution in [2.24, 2.45) is 0 Å². The molecule has 2 aliphatic rings. The lowest BCUT2D eigenvalue weighted by molar-refractivity contribution is 0.0902. The van der Waals surface area contributed by atoms with Crippen LogP contribution in [0.3, 0.4) is 0 Å². The van der Waals surface area contributed by atoms with Gasteiger partial charge in [-0.15, -0.1) is 11.3 Å². The molecule has 0 unspecified atom stereocenters. The van der Waals surface area contributed by atoms with Crippen molar-refractivity contribution in [2.45, 2.75) is 24.7 Å². The second-order valence-corrected chi connectivity index (χ2v) is 10.4. The molecule has 0 atom stereocenters. The third kappa shape index (κ3) is 4.35. The first-order chi connectivity index (χ1) is 17.2. The van der Waals surface area contributed by atoms with Gasteiger partial charge in [-0.25, -0.2) is 9.78 Å². The van der Waals surface area contributed by atoms with Crippen molar-refractivity contribution < 1.29 is 9.53 Å². The number of carbonyl (C=O) groups excluding carboxylic acids is 1. The molecule has 1 aliphatic carbocycles. The van der Waals surface area contributed by atoms with Crippen LogP contribution in [0.25, 0.3) is 21.7 Å². The zero-order valence-corrected chi connectivity index (χ0v) is 20.8. The number of amides is 1. The molecule has 0 radical (unpaired) electrons. The summed E-state index contributed by atoms with van der Waals surface area (Å²) < 4.78 is 5.85. The van der Waals surface area contributed by atoms with Gasteiger partial charge in [-0.3, -0.25) is 0 Å². The molecule has 6 rings (SSSR count). The number of hydrogen-bond donors (Lipinski definition) is 0. The van der Waals surface area contributed by atoms with Gasteiger partial charge in [-0.05, 0) is 47.2 Å². The molecule has 4 aromatic rings. The molecule has 176 valence electrons. The van der Waals surface area contributed by atoms with E-state index < -0.39 is 0 Å². The van der Waals surface area contributed by atoms with Gasteiger partial charge in [0, 0.05) is 40.9 Å². The summed E-state index contributed by atoms with van der Waals surface area (Å²) in [5.74, 6) is 0.454. The Morgan fingerprint density at radius 3 is 2.23 bits per heavy atom. The zero-order chi connectivity index (χ0) is 23.8. The second-order valence-electron chi connectivity index (χ2n) is 9.15. The number of likely N-dealkylation sites (tertiary alicyclic amines) is 1. The molecule has 1 amide bonds. The lowest BCUT2D eigenvalue weighted by Crippen LogP contribution is -2.38. The average Bonchev–Trinajstić information content (AvgIpc) is 3.52. The number of nitrogens with zero attached hydrogens (tertiary/aromatic N) is 2. The Hall–Kier alpha value is -3.15. The fourth-order valence-corrected chi connectivity index (χ4v) is 6.28. The molecule has 6 heteroatoms. The van der Waals surface area contributed by atoms with Gasteiger partial charge in [0.05, 0.1) is 5.69 Å². The molecular formula is C29H25ClN2O2S. The molecule has 0 spiro atoms. The first-order valence-electron chi connectivity index (χ1n) is 12.0. The fraction of sp³-hybridized carbons (Fsp3) is 0.241. The van der Waals surface area contributed by atoms with E-state index in [4.69, 9.17) is 21.3 Å². The Morgan fingerprint density at radius 1 is 0.943 bits per heavy atom. The number of benzene rings is 3. The minimum Gasteiger partial charge on any atom is -0.448 e. The smallest absolute Gasteiger partial charge is 0.409 e. The maximum atomic E-state index is 12.9. The van der Waals surface area contributed by atoms with E-state index in [-0.39, 0.29) is 12.0 Å². The van der Waals surface area contributed by atoms with Crippen LogP contribution in [0, 0.1) is 0 Å². The summed E-state index contributed by atoms with van der Waals surface area (Å²) in [6.45, 7) is 1.74. The zero-order valence-electron chi connectivity index (χ0n) is 19.2. The average molecular weight is 501 g/mol. The number of halogens is 1. The minimum atomic E-state index is -0.217. The predicted molar refractivity (Wildman–Crippen MR) is 141 cm³/mol. The number of carbonyl (C=O) groups is 1. The summed E-state index contributed by atoms with van der Waals surface area (Å²) in [7, 11) is 0. The molecule has 1 saturated heterocycles. The van der Waals surface area contributed by atoms with E-state index in [0.29, 0.717) is 25.6 Å². The van der Waals surface area contributed by atoms with Crippen LogP contribution in [0.2, 0.25) is 5.02 Å². The predicted octanol–water partition coefficient (Wildman–Crippen LogP) is 7.59. The molecular weight excluding hydrogens is 476 g/mol. The first kappa shape index (κ1) is 22.3. The third-order valence-corrected chi connectivity index (χ3v) is 8.28. The first-order valence-corrected chi connectivity index (χ1v) is 13.2. The number of rotatable bonds is 4. The van der Waals surface area contributed by atoms with Crippen LogP contribution in [-0.4, -0.2) is 35.7 Å². The molecule has 0 bridgehead atoms. The van der Waals surface area contributed by atoms with E-state index >= 15 is 0 Å². The van der Waals surface area contributed by atoms with E-state index in [1.165, 1.54) is 22.3 Å². The fourth-order valence-electron chi connectivity index (χ4n) is 5.24. The summed E-state index contributed by atoms with van der Waals surface area (Å²) in [5, 5.41) is 3.89. The van der Waals surface area contributed by atoms with Gasteiger partial charge in [0.15, 0.2) is 0 Å². The number of piperidine rings is 1. The number of aromatic nitrogens is 1. The summed E-state index contributed by atoms with van der Waals surface area (Å²) >= 11 is 7.67. The van der Waals surface area contributed by atoms with Crippen molar-refractivity contribution in [1.29, 1.82) is 0 Å². The largest absolute Gasteiger partial charge is 0.448 e. The summed E-state index contributed by atoms with van der Waals surface area (Å²) in [6.07, 6.45) is 1.58. The van der Waals surface area contributed by atoms with Crippen LogP contribution < -0.4 is 0 Å². The van der Waals surface area contributed by atoms with Gasteiger partial charge in [0.25, 0.3) is 0 Å². The topological polar surface area (TPSA) is 42.4 Å². The Bertz CT molecular complexity index is 1310. The maximum absolute atomic E-state index is 12.9. The Morgan fingerprint density at radius 2 is 1.57 bits per heavy atom. The lowest BCUT2D eigenvalue weighted by Gasteiger charge is -2.31. The highest BCUT2D eigenvalue weighted by molar-refractivity contribution is 7.13. The third-order valence-electron chi connectivity index (χ3n) is 7.12. The van der Waals surface area contributed by atoms with Gasteiger partial charge in [0.1, 0.15) is 11.6 Å². The number of fused-ring (bicyclic) bond motifs is 3. The molecule has 1 aromatic heterocycles. The Balaban J connectivity index is 1.07. The second kappa shape index (κ2) is 9.48. The highest BCUT2D eigenvalue weighted by Gasteiger charge is 2.31. The van der Waals surface area contributed by atoms with E-state index in [1.54, 1.807) is 11.3 Å². The van der Waals surface area contributed by atoms with Crippen LogP contribution in [0.15, 0.2) is 78.2 Å². The highest BCUT2D eigenvalue weighted by Crippen LogP contribution is 2.44. The highest BCUT2D eigenvalue weighted by atomic mass is 35.5. The van der Waals surface area contributed by atoms with Gasteiger partial charge >= 0.3 is 6.09 Å². The molecule has 1 fully saturated rings. The van der Waals surface area contributed by atoms with E-state index in [9.17, 15) is 4.79 Å². The van der Waals surface area contributed by atoms with Crippen molar-refractivity contribution in [3.8, 4) is 21.7 Å². The summed E-state index contributed by atoms with van der Waals surface area (Å²) in [6, 6.07) is 24.6. The SMILES string of the molecule is O=C(OCC1c2ccccc2-c2ccccc21)N1CCC(c2csc(-c3ccc(Cl)cc3)n2)CC1. The van der Waals surface area contributed by atoms with E-state index in [0.717, 1.165) is 34.1 Å². The van der Waals surface area contributed by atoms with Crippen LogP contribution in [0.4, 0.5) is 4.79 Å². The maximum Gasteiger partial charge on any atom is 0.409 e. The van der Waals surface area contributed by atoms with Gasteiger partial charge in [-0.1, -0.05) is 72.3 Å². The molecule has 0 saturated carbocycles. The van der Waals surface area contributed by atoms with Crippen molar-refractivity contribution in [2.75, 3.05) is 19.7 Å². The van der Waals surface area contributed by atoms with Gasteiger partial charge in [0.2, 0.25) is 0 Å². The van der Waals surface area contributed by atoms with Crippen molar-refractivity contribution in [3.05, 3.63) is 100 Å². The standard InChI is InChI=1S/C29H25ClN2O2S/c30-21-11-9-20(10-12-21)28-31-27(18-35-28)19-13-15-32(16-14-19)29(33)34-17-26-24-7-3-1-5-22(24)23-6-2-4-8-25(23)26/h1-12,18-19,26H,13-17H2. The van der Waals surface area contributed by atoms with Crippen molar-refractivity contribution in [3.63, 3.8) is 0 Å². The molecule has 35 heavy (non-hydrogen) atoms. The minimum absolute atomic E-state index is 0.0881. The summed E-state index contributed by atoms with van der Waals surface area (Å²) in [4.78, 5) is 19.6. The molecule has 0 N–H and O–H groups in total. The van der Waals surface area contributed by atoms with Crippen LogP contribution in [0.5, 0.6) is 0 Å². The monoisotopic (exact) mass is 500 g/mol. The van der Waals surface area contributed by atoms with E-state index in [2.05, 4.69) is 53.9 Å². The van der Waals surface area contributed by atoms with Gasteiger partial charge < -0.3 is 9.64 Å². The Labute approximate surface area is 214 Å². The number of ether oxygens (including phenoxy) is 1. The normalized spacial score (nSPS) is 15.6. The summed E-state index contributed by atoms with van der Waals surface area (Å²) in [5.41, 5.74) is 7.16. The van der Waals surface area contributed by atoms with Crippen LogP contribution in [0.1, 0.15) is 41.5 Å². The Kier molecular flexibility index (Phi) is 6.05. The van der Waals surface area contributed by atoms with E-state index in [1.807, 2.05) is 29.2 Å². The molecule has 1 aliphatic heterocycles. The molecule has 3 aromatic carbocycles. The molecule has 2 heterocycles. The molecule has 4 nitrogen and oxygen atoms in total. The number of thiazole rings is 1. The lowest BCUT2D eigenvalue weighted by atomic mass is 9.94. The van der Waals surface area contributed by atoms with Crippen molar-refractivity contribution in [1.82, 2.24) is 9.88 Å². The van der Waals surface area contributed by atoms with Crippen molar-refractivity contribution >= 4 is 29.0 Å². The van der Waals surface area contributed by atoms with Gasteiger partial charge in [-0.2, -0.15) is 0 Å². The quantitative estimate of drug-likeness (QED) is 0.290. The number of hydrogen-bond acceptors (Lipinski definition) is 4. The van der Waals surface area contributed by atoms with Crippen LogP contribution in [-0.2, 0) is 4.74 Å².